The molecule has 0 radical (unpaired) electrons. The van der Waals surface area contributed by atoms with Crippen molar-refractivity contribution in [1.82, 2.24) is 0 Å². The number of allylic oxidation sites excluding steroid dienone is 8. The lowest BCUT2D eigenvalue weighted by Gasteiger charge is -2.02. The number of hydrogen-bond donors (Lipinski definition) is 2. The summed E-state index contributed by atoms with van der Waals surface area (Å²) >= 11 is 8.24. The van der Waals surface area contributed by atoms with Crippen molar-refractivity contribution in [3.8, 4) is 0 Å². The molecule has 0 amide bonds. The highest BCUT2D eigenvalue weighted by Gasteiger charge is 1.95. The van der Waals surface area contributed by atoms with Gasteiger partial charge in [0.1, 0.15) is 0 Å². The first kappa shape index (κ1) is 15.1. The van der Waals surface area contributed by atoms with Gasteiger partial charge in [0.2, 0.25) is 0 Å². The fraction of sp³-hybridized carbons (Fsp3) is 0.143. The second-order valence-electron chi connectivity index (χ2n) is 3.14. The Labute approximate surface area is 110 Å². The maximum absolute atomic E-state index is 4.12. The van der Waals surface area contributed by atoms with E-state index >= 15 is 0 Å². The molecule has 0 saturated carbocycles. The average molecular weight is 250 g/mol. The Morgan fingerprint density at radius 2 is 1.06 bits per heavy atom. The highest BCUT2D eigenvalue weighted by molar-refractivity contribution is 7.84. The molecule has 0 nitrogen and oxygen atoms in total. The van der Waals surface area contributed by atoms with E-state index in [4.69, 9.17) is 0 Å². The maximum Gasteiger partial charge on any atom is -0.00318 e. The molecular formula is C14H18S2. The van der Waals surface area contributed by atoms with Crippen LogP contribution < -0.4 is 0 Å². The lowest BCUT2D eigenvalue weighted by Crippen LogP contribution is -1.82. The Hall–Kier alpha value is -0.860. The molecule has 0 fully saturated rings. The molecule has 0 heterocycles. The van der Waals surface area contributed by atoms with Crippen LogP contribution in [-0.2, 0) is 0 Å². The molecule has 0 aliphatic heterocycles. The summed E-state index contributed by atoms with van der Waals surface area (Å²) in [6, 6.07) is 0. The van der Waals surface area contributed by atoms with Gasteiger partial charge in [-0.05, 0) is 47.0 Å². The minimum atomic E-state index is 0.734. The van der Waals surface area contributed by atoms with Crippen LogP contribution in [0.25, 0.3) is 0 Å². The molecule has 2 heteroatoms. The summed E-state index contributed by atoms with van der Waals surface area (Å²) in [5.74, 6) is 0. The van der Waals surface area contributed by atoms with E-state index in [1.807, 2.05) is 50.3 Å². The van der Waals surface area contributed by atoms with Gasteiger partial charge >= 0.3 is 0 Å². The largest absolute Gasteiger partial charge is 0.144 e. The number of rotatable bonds is 5. The van der Waals surface area contributed by atoms with Gasteiger partial charge in [-0.25, -0.2) is 0 Å². The zero-order chi connectivity index (χ0) is 12.6. The third-order valence-corrected chi connectivity index (χ3v) is 2.16. The van der Waals surface area contributed by atoms with Gasteiger partial charge in [-0.3, -0.25) is 0 Å². The van der Waals surface area contributed by atoms with Gasteiger partial charge in [0.05, 0.1) is 0 Å². The van der Waals surface area contributed by atoms with Crippen molar-refractivity contribution in [2.45, 2.75) is 13.8 Å². The highest BCUT2D eigenvalue weighted by atomic mass is 32.1. The minimum absolute atomic E-state index is 0.734. The van der Waals surface area contributed by atoms with Gasteiger partial charge in [0.15, 0.2) is 0 Å². The van der Waals surface area contributed by atoms with Crippen molar-refractivity contribution in [3.05, 3.63) is 70.6 Å². The minimum Gasteiger partial charge on any atom is -0.144 e. The summed E-state index contributed by atoms with van der Waals surface area (Å²) in [5, 5.41) is 0. The molecule has 0 rings (SSSR count). The fourth-order valence-electron chi connectivity index (χ4n) is 1.09. The van der Waals surface area contributed by atoms with E-state index in [1.54, 1.807) is 0 Å². The second-order valence-corrected chi connectivity index (χ2v) is 4.29. The molecule has 0 aromatic carbocycles. The van der Waals surface area contributed by atoms with Crippen LogP contribution in [0.4, 0.5) is 0 Å². The average Bonchev–Trinajstić information content (AvgIpc) is 2.22. The zero-order valence-electron chi connectivity index (χ0n) is 9.77. The van der Waals surface area contributed by atoms with Crippen LogP contribution in [0, 0.1) is 0 Å². The van der Waals surface area contributed by atoms with E-state index in [0.717, 1.165) is 21.0 Å². The van der Waals surface area contributed by atoms with Crippen molar-refractivity contribution in [3.63, 3.8) is 0 Å². The standard InChI is InChI=1S/C14H18S2/c1-5-13(9-7-11(3)15)14(6-2)10-8-12(4)16/h5-10,15-16H,3-4H2,1-2H3/b9-7-,10-8-,13-5+,14-6+. The predicted octanol–water partition coefficient (Wildman–Crippen LogP) is 4.88. The molecule has 0 aliphatic carbocycles. The van der Waals surface area contributed by atoms with Crippen molar-refractivity contribution < 1.29 is 0 Å². The van der Waals surface area contributed by atoms with Crippen LogP contribution in [0.1, 0.15) is 13.8 Å². The topological polar surface area (TPSA) is 0 Å². The monoisotopic (exact) mass is 250 g/mol. The van der Waals surface area contributed by atoms with Crippen molar-refractivity contribution >= 4 is 25.3 Å². The third-order valence-electron chi connectivity index (χ3n) is 1.87. The first-order valence-corrected chi connectivity index (χ1v) is 5.85. The summed E-state index contributed by atoms with van der Waals surface area (Å²) in [6.45, 7) is 11.4. The first-order valence-electron chi connectivity index (χ1n) is 4.96. The molecule has 0 aromatic rings. The van der Waals surface area contributed by atoms with Crippen molar-refractivity contribution in [2.24, 2.45) is 0 Å². The Bertz CT molecular complexity index is 342. The lowest BCUT2D eigenvalue weighted by molar-refractivity contribution is 1.47. The summed E-state index contributed by atoms with van der Waals surface area (Å²) < 4.78 is 0. The molecular weight excluding hydrogens is 232 g/mol. The van der Waals surface area contributed by atoms with Crippen LogP contribution in [0.3, 0.4) is 0 Å². The highest BCUT2D eigenvalue weighted by Crippen LogP contribution is 2.16. The number of thiol groups is 2. The number of hydrogen-bond acceptors (Lipinski definition) is 2. The normalized spacial score (nSPS) is 13.8. The summed E-state index contributed by atoms with van der Waals surface area (Å²) in [6.07, 6.45) is 11.8. The van der Waals surface area contributed by atoms with E-state index in [9.17, 15) is 0 Å². The fourth-order valence-corrected chi connectivity index (χ4v) is 1.24. The smallest absolute Gasteiger partial charge is 0.00318 e. The van der Waals surface area contributed by atoms with Gasteiger partial charge < -0.3 is 0 Å². The van der Waals surface area contributed by atoms with Crippen LogP contribution in [0.2, 0.25) is 0 Å². The molecule has 0 spiro atoms. The van der Waals surface area contributed by atoms with Crippen LogP contribution in [-0.4, -0.2) is 0 Å². The van der Waals surface area contributed by atoms with Crippen LogP contribution >= 0.6 is 25.3 Å². The summed E-state index contributed by atoms with van der Waals surface area (Å²) in [4.78, 5) is 1.47. The molecule has 86 valence electrons. The van der Waals surface area contributed by atoms with E-state index in [2.05, 4.69) is 38.4 Å². The molecule has 0 saturated heterocycles. The Morgan fingerprint density at radius 1 is 0.750 bits per heavy atom. The molecule has 0 atom stereocenters. The van der Waals surface area contributed by atoms with Gasteiger partial charge in [0.25, 0.3) is 0 Å². The molecule has 0 unspecified atom stereocenters. The van der Waals surface area contributed by atoms with E-state index in [1.165, 1.54) is 0 Å². The molecule has 0 aliphatic rings. The van der Waals surface area contributed by atoms with E-state index in [0.29, 0.717) is 0 Å². The van der Waals surface area contributed by atoms with Gasteiger partial charge in [-0.15, -0.1) is 25.3 Å². The van der Waals surface area contributed by atoms with E-state index < -0.39 is 0 Å². The summed E-state index contributed by atoms with van der Waals surface area (Å²) in [7, 11) is 0. The zero-order valence-corrected chi connectivity index (χ0v) is 11.6. The Balaban J connectivity index is 4.95. The first-order chi connectivity index (χ1) is 7.51. The van der Waals surface area contributed by atoms with Crippen LogP contribution in [0.5, 0.6) is 0 Å². The SMILES string of the molecule is C=C(S)\C=C/C(=C\C)C(/C=C\C(=C)S)=C/C. The molecule has 16 heavy (non-hydrogen) atoms. The second kappa shape index (κ2) is 8.31. The summed E-state index contributed by atoms with van der Waals surface area (Å²) in [5.41, 5.74) is 2.23. The van der Waals surface area contributed by atoms with Crippen molar-refractivity contribution in [2.75, 3.05) is 0 Å². The van der Waals surface area contributed by atoms with Gasteiger partial charge in [0, 0.05) is 0 Å². The quantitative estimate of drug-likeness (QED) is 0.504. The van der Waals surface area contributed by atoms with E-state index in [-0.39, 0.29) is 0 Å². The Morgan fingerprint density at radius 3 is 1.25 bits per heavy atom. The Kier molecular flexibility index (Phi) is 7.86. The molecule has 0 aromatic heterocycles. The van der Waals surface area contributed by atoms with Crippen molar-refractivity contribution in [1.29, 1.82) is 0 Å². The maximum atomic E-state index is 4.12. The third kappa shape index (κ3) is 6.59. The van der Waals surface area contributed by atoms with Gasteiger partial charge in [-0.1, -0.05) is 37.5 Å². The molecule has 0 bridgehead atoms. The lowest BCUT2D eigenvalue weighted by atomic mass is 10.0. The van der Waals surface area contributed by atoms with Gasteiger partial charge in [-0.2, -0.15) is 0 Å². The molecule has 0 N–H and O–H groups in total. The predicted molar refractivity (Wildman–Crippen MR) is 82.0 cm³/mol. The van der Waals surface area contributed by atoms with Crippen LogP contribution in [0.15, 0.2) is 70.6 Å².